The van der Waals surface area contributed by atoms with Gasteiger partial charge in [-0.05, 0) is 26.0 Å². The van der Waals surface area contributed by atoms with Gasteiger partial charge < -0.3 is 9.47 Å². The number of ether oxygens (including phenoxy) is 2. The summed E-state index contributed by atoms with van der Waals surface area (Å²) in [5, 5.41) is 0. The first-order chi connectivity index (χ1) is 13.9. The zero-order valence-corrected chi connectivity index (χ0v) is 19.0. The van der Waals surface area contributed by atoms with Crippen molar-refractivity contribution in [1.82, 2.24) is 0 Å². The van der Waals surface area contributed by atoms with Crippen molar-refractivity contribution in [3.63, 3.8) is 0 Å². The van der Waals surface area contributed by atoms with Crippen molar-refractivity contribution in [3.05, 3.63) is 0 Å². The number of nitrogens with zero attached hydrogens (tertiary/aromatic N) is 1. The fraction of sp³-hybridized carbons (Fsp3) is 0.960. The van der Waals surface area contributed by atoms with Crippen LogP contribution in [0.25, 0.3) is 0 Å². The van der Waals surface area contributed by atoms with E-state index < -0.39 is 0 Å². The second kappa shape index (κ2) is 19.9. The third-order valence-electron chi connectivity index (χ3n) is 5.97. The molecule has 0 amide bonds. The molecular weight excluding hydrogens is 346 g/mol. The van der Waals surface area contributed by atoms with Gasteiger partial charge in [-0.1, -0.05) is 103 Å². The van der Waals surface area contributed by atoms with E-state index in [1.807, 2.05) is 0 Å². The lowest BCUT2D eigenvalue weighted by Gasteiger charge is -2.12. The van der Waals surface area contributed by atoms with Crippen molar-refractivity contribution in [2.75, 3.05) is 19.8 Å². The highest BCUT2D eigenvalue weighted by Crippen LogP contribution is 2.20. The third-order valence-corrected chi connectivity index (χ3v) is 5.97. The average Bonchev–Trinajstić information content (AvgIpc) is 3.15. The SMILES string of the molecule is C=NCC1CCC(COCCCCCCCCCCCCCCCCCC)O1. The lowest BCUT2D eigenvalue weighted by Crippen LogP contribution is -2.18. The molecule has 1 heterocycles. The van der Waals surface area contributed by atoms with Gasteiger partial charge in [-0.15, -0.1) is 0 Å². The monoisotopic (exact) mass is 395 g/mol. The van der Waals surface area contributed by atoms with Gasteiger partial charge in [0.25, 0.3) is 0 Å². The van der Waals surface area contributed by atoms with E-state index in [1.165, 1.54) is 103 Å². The number of hydrogen-bond acceptors (Lipinski definition) is 3. The molecule has 0 spiro atoms. The van der Waals surface area contributed by atoms with Gasteiger partial charge >= 0.3 is 0 Å². The predicted molar refractivity (Wildman–Crippen MR) is 123 cm³/mol. The molecule has 0 aromatic carbocycles. The van der Waals surface area contributed by atoms with Crippen LogP contribution in [0.15, 0.2) is 4.99 Å². The smallest absolute Gasteiger partial charge is 0.0814 e. The van der Waals surface area contributed by atoms with E-state index in [9.17, 15) is 0 Å². The molecule has 1 rings (SSSR count). The largest absolute Gasteiger partial charge is 0.379 e. The quantitative estimate of drug-likeness (QED) is 0.149. The first kappa shape index (κ1) is 25.6. The zero-order valence-electron chi connectivity index (χ0n) is 19.0. The van der Waals surface area contributed by atoms with Crippen LogP contribution in [0.5, 0.6) is 0 Å². The molecule has 3 heteroatoms. The lowest BCUT2D eigenvalue weighted by molar-refractivity contribution is -0.0124. The molecule has 1 aliphatic heterocycles. The molecule has 2 atom stereocenters. The summed E-state index contributed by atoms with van der Waals surface area (Å²) < 4.78 is 11.7. The number of unbranched alkanes of at least 4 members (excludes halogenated alkanes) is 15. The van der Waals surface area contributed by atoms with E-state index in [0.29, 0.717) is 0 Å². The van der Waals surface area contributed by atoms with Crippen molar-refractivity contribution in [3.8, 4) is 0 Å². The summed E-state index contributed by atoms with van der Waals surface area (Å²) in [6.07, 6.45) is 25.4. The average molecular weight is 396 g/mol. The van der Waals surface area contributed by atoms with Crippen LogP contribution in [0.4, 0.5) is 0 Å². The van der Waals surface area contributed by atoms with Crippen molar-refractivity contribution < 1.29 is 9.47 Å². The van der Waals surface area contributed by atoms with Crippen molar-refractivity contribution >= 4 is 6.72 Å². The number of aliphatic imine (C=N–C) groups is 1. The summed E-state index contributed by atoms with van der Waals surface area (Å²) >= 11 is 0. The standard InChI is InChI=1S/C25H49NO2/c1-3-4-5-6-7-8-9-10-11-12-13-14-15-16-17-18-21-27-23-25-20-19-24(28-25)22-26-2/h24-25H,2-23H2,1H3. The highest BCUT2D eigenvalue weighted by atomic mass is 16.5. The van der Waals surface area contributed by atoms with Crippen LogP contribution in [0, 0.1) is 0 Å². The van der Waals surface area contributed by atoms with Gasteiger partial charge in [0.1, 0.15) is 0 Å². The summed E-state index contributed by atoms with van der Waals surface area (Å²) in [6, 6.07) is 0. The molecule has 3 nitrogen and oxygen atoms in total. The molecule has 1 saturated heterocycles. The minimum atomic E-state index is 0.279. The maximum atomic E-state index is 5.88. The Morgan fingerprint density at radius 1 is 0.714 bits per heavy atom. The Morgan fingerprint density at radius 2 is 1.18 bits per heavy atom. The molecule has 0 saturated carbocycles. The number of hydrogen-bond donors (Lipinski definition) is 0. The first-order valence-corrected chi connectivity index (χ1v) is 12.5. The highest BCUT2D eigenvalue weighted by molar-refractivity contribution is 5.23. The summed E-state index contributed by atoms with van der Waals surface area (Å²) in [5.74, 6) is 0. The summed E-state index contributed by atoms with van der Waals surface area (Å²) in [5.41, 5.74) is 0. The summed E-state index contributed by atoms with van der Waals surface area (Å²) in [7, 11) is 0. The molecule has 1 fully saturated rings. The van der Waals surface area contributed by atoms with Crippen molar-refractivity contribution in [2.24, 2.45) is 4.99 Å². The molecule has 166 valence electrons. The van der Waals surface area contributed by atoms with Gasteiger partial charge in [-0.3, -0.25) is 4.99 Å². The molecule has 0 aromatic heterocycles. The van der Waals surface area contributed by atoms with Gasteiger partial charge in [-0.2, -0.15) is 0 Å². The molecule has 0 aliphatic carbocycles. The zero-order chi connectivity index (χ0) is 20.1. The van der Waals surface area contributed by atoms with Crippen molar-refractivity contribution in [1.29, 1.82) is 0 Å². The van der Waals surface area contributed by atoms with Gasteiger partial charge in [0.05, 0.1) is 25.4 Å². The van der Waals surface area contributed by atoms with Crippen LogP contribution in [-0.2, 0) is 9.47 Å². The normalized spacial score (nSPS) is 19.3. The van der Waals surface area contributed by atoms with Gasteiger partial charge in [-0.25, -0.2) is 0 Å². The Morgan fingerprint density at radius 3 is 1.68 bits per heavy atom. The molecule has 0 bridgehead atoms. The Balaban J connectivity index is 1.69. The molecular formula is C25H49NO2. The van der Waals surface area contributed by atoms with Gasteiger partial charge in [0.15, 0.2) is 0 Å². The minimum Gasteiger partial charge on any atom is -0.379 e. The maximum absolute atomic E-state index is 5.88. The molecule has 0 radical (unpaired) electrons. The lowest BCUT2D eigenvalue weighted by atomic mass is 10.0. The second-order valence-electron chi connectivity index (χ2n) is 8.74. The molecule has 2 unspecified atom stereocenters. The third kappa shape index (κ3) is 15.5. The Hall–Kier alpha value is -0.410. The molecule has 0 aromatic rings. The van der Waals surface area contributed by atoms with E-state index in [2.05, 4.69) is 18.6 Å². The van der Waals surface area contributed by atoms with E-state index in [1.54, 1.807) is 0 Å². The summed E-state index contributed by atoms with van der Waals surface area (Å²) in [4.78, 5) is 3.92. The first-order valence-electron chi connectivity index (χ1n) is 12.5. The van der Waals surface area contributed by atoms with Crippen LogP contribution in [0.1, 0.15) is 122 Å². The molecule has 28 heavy (non-hydrogen) atoms. The number of rotatable bonds is 21. The van der Waals surface area contributed by atoms with E-state index >= 15 is 0 Å². The molecule has 1 aliphatic rings. The van der Waals surface area contributed by atoms with Crippen LogP contribution >= 0.6 is 0 Å². The second-order valence-corrected chi connectivity index (χ2v) is 8.74. The Bertz CT molecular complexity index is 335. The topological polar surface area (TPSA) is 30.8 Å². The molecule has 0 N–H and O–H groups in total. The van der Waals surface area contributed by atoms with Crippen LogP contribution in [-0.4, -0.2) is 38.7 Å². The Labute approximate surface area is 176 Å². The predicted octanol–water partition coefficient (Wildman–Crippen LogP) is 7.51. The maximum Gasteiger partial charge on any atom is 0.0814 e. The minimum absolute atomic E-state index is 0.279. The van der Waals surface area contributed by atoms with Crippen LogP contribution in [0.3, 0.4) is 0 Å². The van der Waals surface area contributed by atoms with Gasteiger partial charge in [0.2, 0.25) is 0 Å². The summed E-state index contributed by atoms with van der Waals surface area (Å²) in [6.45, 7) is 8.21. The van der Waals surface area contributed by atoms with Crippen molar-refractivity contribution in [2.45, 2.75) is 135 Å². The highest BCUT2D eigenvalue weighted by Gasteiger charge is 2.24. The fourth-order valence-corrected chi connectivity index (χ4v) is 4.15. The van der Waals surface area contributed by atoms with E-state index in [4.69, 9.17) is 9.47 Å². The van der Waals surface area contributed by atoms with Crippen LogP contribution in [0.2, 0.25) is 0 Å². The fourth-order valence-electron chi connectivity index (χ4n) is 4.15. The van der Waals surface area contributed by atoms with E-state index in [0.717, 1.165) is 32.6 Å². The van der Waals surface area contributed by atoms with Gasteiger partial charge in [0, 0.05) is 6.61 Å². The Kier molecular flexibility index (Phi) is 18.2. The van der Waals surface area contributed by atoms with Crippen LogP contribution < -0.4 is 0 Å². The van der Waals surface area contributed by atoms with E-state index in [-0.39, 0.29) is 12.2 Å².